The van der Waals surface area contributed by atoms with Crippen molar-refractivity contribution in [2.24, 2.45) is 5.41 Å². The molecule has 4 heterocycles. The number of aryl methyl sites for hydroxylation is 1. The third kappa shape index (κ3) is 7.15. The first-order valence-corrected chi connectivity index (χ1v) is 14.4. The summed E-state index contributed by atoms with van der Waals surface area (Å²) >= 11 is 6.14. The maximum Gasteiger partial charge on any atom is 0.429 e. The highest BCUT2D eigenvalue weighted by Crippen LogP contribution is 2.42. The number of hydrogen-bond donors (Lipinski definition) is 2. The predicted molar refractivity (Wildman–Crippen MR) is 155 cm³/mol. The summed E-state index contributed by atoms with van der Waals surface area (Å²) in [5, 5.41) is 7.81. The molecule has 2 aliphatic rings. The number of ether oxygens (including phenoxy) is 2. The van der Waals surface area contributed by atoms with Crippen LogP contribution in [-0.4, -0.2) is 63.2 Å². The number of rotatable bonds is 6. The Bertz CT molecular complexity index is 1480. The van der Waals surface area contributed by atoms with Crippen LogP contribution in [-0.2, 0) is 9.53 Å². The first-order chi connectivity index (χ1) is 20.1. The molecule has 2 atom stereocenters. The van der Waals surface area contributed by atoms with Crippen LogP contribution in [0.4, 0.5) is 24.9 Å². The summed E-state index contributed by atoms with van der Waals surface area (Å²) < 4.78 is 55.9. The molecule has 2 aromatic heterocycles. The Morgan fingerprint density at radius 1 is 1.16 bits per heavy atom. The van der Waals surface area contributed by atoms with E-state index in [1.807, 2.05) is 25.7 Å². The quantitative estimate of drug-likeness (QED) is 0.359. The number of piperidine rings is 1. The number of carbonyl (C=O) groups is 1. The van der Waals surface area contributed by atoms with Crippen LogP contribution in [0.5, 0.6) is 5.88 Å². The molecule has 0 radical (unpaired) electrons. The number of esters is 1. The minimum Gasteiger partial charge on any atom is -0.459 e. The van der Waals surface area contributed by atoms with Crippen molar-refractivity contribution in [3.8, 4) is 11.6 Å². The van der Waals surface area contributed by atoms with Crippen molar-refractivity contribution in [2.45, 2.75) is 70.9 Å². The lowest BCUT2D eigenvalue weighted by Gasteiger charge is -2.39. The van der Waals surface area contributed by atoms with Gasteiger partial charge in [-0.2, -0.15) is 28.2 Å². The molecule has 1 spiro atoms. The van der Waals surface area contributed by atoms with Gasteiger partial charge < -0.3 is 25.4 Å². The number of nitrogens with one attached hydrogen (secondary N) is 1. The Labute approximate surface area is 252 Å². The monoisotopic (exact) mass is 621 g/mol. The molecule has 0 saturated carbocycles. The first-order valence-electron chi connectivity index (χ1n) is 14.0. The fourth-order valence-electron chi connectivity index (χ4n) is 5.61. The van der Waals surface area contributed by atoms with E-state index >= 15 is 0 Å². The van der Waals surface area contributed by atoms with E-state index in [1.54, 1.807) is 19.2 Å². The van der Waals surface area contributed by atoms with E-state index in [2.05, 4.69) is 20.4 Å². The van der Waals surface area contributed by atoms with Gasteiger partial charge in [-0.15, -0.1) is 0 Å². The van der Waals surface area contributed by atoms with Crippen LogP contribution in [0, 0.1) is 12.3 Å². The average molecular weight is 622 g/mol. The van der Waals surface area contributed by atoms with E-state index in [-0.39, 0.29) is 45.5 Å². The van der Waals surface area contributed by atoms with Crippen LogP contribution in [0.1, 0.15) is 57.4 Å². The molecule has 10 nitrogen and oxygen atoms in total. The van der Waals surface area contributed by atoms with Crippen LogP contribution < -0.4 is 20.7 Å². The Morgan fingerprint density at radius 2 is 1.88 bits per heavy atom. The SMILES string of the molecule is Cc1ccn(-c2cc(Cl)ccc2C(Oc2cc(N3CCC4(CC3)CN[C@H](C(=O)OC(C)(C)C)C4)nc(N)n2)C(F)(F)F)n1. The smallest absolute Gasteiger partial charge is 0.429 e. The molecule has 2 aliphatic heterocycles. The van der Waals surface area contributed by atoms with Gasteiger partial charge in [0, 0.05) is 42.5 Å². The summed E-state index contributed by atoms with van der Waals surface area (Å²) in [7, 11) is 0. The second-order valence-electron chi connectivity index (χ2n) is 12.2. The van der Waals surface area contributed by atoms with Crippen molar-refractivity contribution >= 4 is 29.3 Å². The van der Waals surface area contributed by atoms with E-state index < -0.39 is 17.9 Å². The van der Waals surface area contributed by atoms with Crippen molar-refractivity contribution < 1.29 is 27.4 Å². The normalized spacial score (nSPS) is 19.4. The number of aromatic nitrogens is 4. The van der Waals surface area contributed by atoms with Gasteiger partial charge in [0.2, 0.25) is 17.9 Å². The zero-order valence-corrected chi connectivity index (χ0v) is 25.2. The van der Waals surface area contributed by atoms with Crippen molar-refractivity contribution in [3.63, 3.8) is 0 Å². The summed E-state index contributed by atoms with van der Waals surface area (Å²) in [6.07, 6.45) is -3.47. The van der Waals surface area contributed by atoms with Gasteiger partial charge in [0.1, 0.15) is 17.5 Å². The average Bonchev–Trinajstić information content (AvgIpc) is 3.53. The largest absolute Gasteiger partial charge is 0.459 e. The lowest BCUT2D eigenvalue weighted by molar-refractivity contribution is -0.198. The van der Waals surface area contributed by atoms with Gasteiger partial charge in [-0.3, -0.25) is 4.79 Å². The number of alkyl halides is 3. The highest BCUT2D eigenvalue weighted by atomic mass is 35.5. The Hall–Kier alpha value is -3.58. The van der Waals surface area contributed by atoms with Gasteiger partial charge in [-0.1, -0.05) is 17.7 Å². The standard InChI is InChI=1S/C29H35ClF3N7O3/c1-17-7-10-40(38-17)21-13-18(30)5-6-19(21)24(29(31,32)33)42-23-14-22(36-26(34)37-23)39-11-8-28(9-12-39)15-20(35-16-28)25(41)43-27(2,3)4/h5-7,10,13-14,20,24,35H,8-9,11-12,15-16H2,1-4H3,(H2,34,36,37)/t20-,24?/m0/s1. The molecule has 5 rings (SSSR count). The zero-order chi connectivity index (χ0) is 31.2. The summed E-state index contributed by atoms with van der Waals surface area (Å²) in [4.78, 5) is 22.8. The predicted octanol–water partition coefficient (Wildman–Crippen LogP) is 5.18. The molecule has 0 amide bonds. The lowest BCUT2D eigenvalue weighted by atomic mass is 9.76. The van der Waals surface area contributed by atoms with Gasteiger partial charge in [-0.25, -0.2) is 4.68 Å². The Morgan fingerprint density at radius 3 is 2.51 bits per heavy atom. The molecular formula is C29H35ClF3N7O3. The minimum atomic E-state index is -4.80. The third-order valence-electron chi connectivity index (χ3n) is 7.69. The number of nitrogen functional groups attached to an aromatic ring is 1. The van der Waals surface area contributed by atoms with Crippen molar-refractivity contribution in [3.05, 3.63) is 52.8 Å². The molecule has 232 valence electrons. The van der Waals surface area contributed by atoms with Crippen molar-refractivity contribution in [1.29, 1.82) is 0 Å². The minimum absolute atomic E-state index is 0.0901. The summed E-state index contributed by atoms with van der Waals surface area (Å²) in [5.41, 5.74) is 5.85. The highest BCUT2D eigenvalue weighted by molar-refractivity contribution is 6.30. The maximum absolute atomic E-state index is 14.5. The molecule has 43 heavy (non-hydrogen) atoms. The fourth-order valence-corrected chi connectivity index (χ4v) is 5.78. The Kier molecular flexibility index (Phi) is 8.25. The lowest BCUT2D eigenvalue weighted by Crippen LogP contribution is -2.41. The molecule has 2 saturated heterocycles. The molecule has 2 fully saturated rings. The molecule has 1 aromatic carbocycles. The molecule has 0 bridgehead atoms. The van der Waals surface area contributed by atoms with E-state index in [0.29, 0.717) is 37.6 Å². The van der Waals surface area contributed by atoms with Crippen LogP contribution in [0.3, 0.4) is 0 Å². The second kappa shape index (κ2) is 11.5. The van der Waals surface area contributed by atoms with E-state index in [9.17, 15) is 18.0 Å². The molecule has 14 heteroatoms. The molecule has 3 N–H and O–H groups in total. The second-order valence-corrected chi connectivity index (χ2v) is 12.7. The number of halogens is 4. The Balaban J connectivity index is 1.34. The summed E-state index contributed by atoms with van der Waals surface area (Å²) in [6.45, 7) is 9.07. The first kappa shape index (κ1) is 30.9. The number of anilines is 2. The topological polar surface area (TPSA) is 120 Å². The molecular weight excluding hydrogens is 587 g/mol. The fraction of sp³-hybridized carbons (Fsp3) is 0.517. The van der Waals surface area contributed by atoms with Gasteiger partial charge in [0.25, 0.3) is 0 Å². The van der Waals surface area contributed by atoms with E-state index in [1.165, 1.54) is 28.9 Å². The molecule has 1 unspecified atom stereocenters. The van der Waals surface area contributed by atoms with Crippen LogP contribution in [0.2, 0.25) is 5.02 Å². The summed E-state index contributed by atoms with van der Waals surface area (Å²) in [6, 6.07) is 6.71. The van der Waals surface area contributed by atoms with Gasteiger partial charge in [0.15, 0.2) is 0 Å². The summed E-state index contributed by atoms with van der Waals surface area (Å²) in [5.74, 6) is -0.412. The van der Waals surface area contributed by atoms with Gasteiger partial charge in [0.05, 0.1) is 11.4 Å². The third-order valence-corrected chi connectivity index (χ3v) is 7.92. The molecule has 3 aromatic rings. The number of carbonyl (C=O) groups excluding carboxylic acids is 1. The van der Waals surface area contributed by atoms with Crippen LogP contribution in [0.15, 0.2) is 36.5 Å². The van der Waals surface area contributed by atoms with Gasteiger partial charge >= 0.3 is 12.1 Å². The molecule has 0 aliphatic carbocycles. The van der Waals surface area contributed by atoms with Crippen LogP contribution in [0.25, 0.3) is 5.69 Å². The van der Waals surface area contributed by atoms with Crippen molar-refractivity contribution in [1.82, 2.24) is 25.1 Å². The van der Waals surface area contributed by atoms with E-state index in [4.69, 9.17) is 26.8 Å². The number of nitrogens with zero attached hydrogens (tertiary/aromatic N) is 5. The number of hydrogen-bond acceptors (Lipinski definition) is 9. The van der Waals surface area contributed by atoms with E-state index in [0.717, 1.165) is 12.8 Å². The van der Waals surface area contributed by atoms with Crippen LogP contribution >= 0.6 is 11.6 Å². The maximum atomic E-state index is 14.5. The number of nitrogens with two attached hydrogens (primary N) is 1. The highest BCUT2D eigenvalue weighted by Gasteiger charge is 2.46. The zero-order valence-electron chi connectivity index (χ0n) is 24.4. The van der Waals surface area contributed by atoms with Gasteiger partial charge in [-0.05, 0) is 70.6 Å². The number of benzene rings is 1. The van der Waals surface area contributed by atoms with Crippen molar-refractivity contribution in [2.75, 3.05) is 30.3 Å².